The van der Waals surface area contributed by atoms with Crippen LogP contribution in [0.5, 0.6) is 0 Å². The Labute approximate surface area is 378 Å². The maximum absolute atomic E-state index is 2.54. The molecule has 1 aliphatic rings. The van der Waals surface area contributed by atoms with Gasteiger partial charge in [-0.2, -0.15) is 0 Å². The summed E-state index contributed by atoms with van der Waals surface area (Å²) in [6.07, 6.45) is 6.47. The zero-order valence-corrected chi connectivity index (χ0v) is 37.1. The minimum Gasteiger partial charge on any atom is -0.309 e. The smallest absolute Gasteiger partial charge is 0.0547 e. The summed E-state index contributed by atoms with van der Waals surface area (Å²) < 4.78 is 2.40. The van der Waals surface area contributed by atoms with E-state index >= 15 is 0 Å². The number of benzene rings is 9. The Morgan fingerprint density at radius 1 is 0.453 bits per heavy atom. The minimum atomic E-state index is -0.0512. The summed E-state index contributed by atoms with van der Waals surface area (Å²) in [7, 11) is 0. The van der Waals surface area contributed by atoms with Gasteiger partial charge in [0.25, 0.3) is 0 Å². The van der Waals surface area contributed by atoms with Crippen LogP contribution in [-0.4, -0.2) is 4.57 Å². The topological polar surface area (TPSA) is 8.17 Å². The van der Waals surface area contributed by atoms with E-state index < -0.39 is 0 Å². The van der Waals surface area contributed by atoms with Crippen LogP contribution in [0.3, 0.4) is 0 Å². The van der Waals surface area contributed by atoms with Gasteiger partial charge in [0.2, 0.25) is 0 Å². The highest BCUT2D eigenvalue weighted by atomic mass is 15.1. The SMILES string of the molecule is CC(C)(C)c1ccc(-c2ccccc2)c(N(c2ccc(-c3ccc4c5ccccc5n(-c5ccccc5)c4c3)cc2)c2ccccc2-c2cccc3cccc(C4CCCCC4)c23)c1. The molecule has 0 N–H and O–H groups in total. The summed E-state index contributed by atoms with van der Waals surface area (Å²) in [4.78, 5) is 2.54. The molecule has 1 aromatic heterocycles. The average Bonchev–Trinajstić information content (AvgIpc) is 3.68. The number of nitrogens with zero attached hydrogens (tertiary/aromatic N) is 2. The molecule has 1 heterocycles. The predicted octanol–water partition coefficient (Wildman–Crippen LogP) is 17.8. The first-order valence-electron chi connectivity index (χ1n) is 23.2. The molecule has 0 radical (unpaired) electrons. The Morgan fingerprint density at radius 3 is 1.89 bits per heavy atom. The summed E-state index contributed by atoms with van der Waals surface area (Å²) in [5, 5.41) is 5.24. The lowest BCUT2D eigenvalue weighted by Crippen LogP contribution is -2.16. The maximum atomic E-state index is 2.54. The molecule has 1 saturated carbocycles. The largest absolute Gasteiger partial charge is 0.309 e. The minimum absolute atomic E-state index is 0.0512. The van der Waals surface area contributed by atoms with Gasteiger partial charge in [0.05, 0.1) is 22.4 Å². The third-order valence-corrected chi connectivity index (χ3v) is 13.8. The first kappa shape index (κ1) is 39.7. The van der Waals surface area contributed by atoms with Crippen molar-refractivity contribution in [3.63, 3.8) is 0 Å². The first-order valence-corrected chi connectivity index (χ1v) is 23.2. The second-order valence-corrected chi connectivity index (χ2v) is 18.8. The number of hydrogen-bond donors (Lipinski definition) is 0. The number of aromatic nitrogens is 1. The van der Waals surface area contributed by atoms with Gasteiger partial charge in [0, 0.05) is 33.3 Å². The molecular weight excluding hydrogens is 773 g/mol. The zero-order valence-electron chi connectivity index (χ0n) is 37.1. The van der Waals surface area contributed by atoms with Crippen molar-refractivity contribution >= 4 is 49.6 Å². The Bertz CT molecular complexity index is 3270. The number of rotatable bonds is 8. The Hall–Kier alpha value is -7.16. The Morgan fingerprint density at radius 2 is 1.11 bits per heavy atom. The Balaban J connectivity index is 1.12. The van der Waals surface area contributed by atoms with Gasteiger partial charge >= 0.3 is 0 Å². The summed E-state index contributed by atoms with van der Waals surface area (Å²) in [5.74, 6) is 0.579. The third-order valence-electron chi connectivity index (χ3n) is 13.8. The molecule has 9 aromatic carbocycles. The molecule has 0 atom stereocenters. The molecular formula is C62H54N2. The van der Waals surface area contributed by atoms with Crippen LogP contribution in [0.15, 0.2) is 206 Å². The van der Waals surface area contributed by atoms with Gasteiger partial charge in [-0.25, -0.2) is 0 Å². The van der Waals surface area contributed by atoms with Gasteiger partial charge in [-0.3, -0.25) is 0 Å². The molecule has 2 heteroatoms. The van der Waals surface area contributed by atoms with Gasteiger partial charge in [-0.15, -0.1) is 0 Å². The van der Waals surface area contributed by atoms with Crippen molar-refractivity contribution in [3.05, 3.63) is 217 Å². The van der Waals surface area contributed by atoms with E-state index in [1.54, 1.807) is 0 Å². The predicted molar refractivity (Wildman–Crippen MR) is 274 cm³/mol. The van der Waals surface area contributed by atoms with Crippen LogP contribution in [0.4, 0.5) is 17.1 Å². The van der Waals surface area contributed by atoms with Crippen LogP contribution in [0.1, 0.15) is 69.9 Å². The van der Waals surface area contributed by atoms with Crippen LogP contribution in [0.25, 0.3) is 71.6 Å². The molecule has 0 spiro atoms. The van der Waals surface area contributed by atoms with Crippen molar-refractivity contribution in [1.29, 1.82) is 0 Å². The monoisotopic (exact) mass is 826 g/mol. The molecule has 1 fully saturated rings. The molecule has 64 heavy (non-hydrogen) atoms. The van der Waals surface area contributed by atoms with E-state index in [1.807, 2.05) is 0 Å². The van der Waals surface area contributed by atoms with Crippen LogP contribution >= 0.6 is 0 Å². The van der Waals surface area contributed by atoms with Crippen molar-refractivity contribution in [1.82, 2.24) is 4.57 Å². The lowest BCUT2D eigenvalue weighted by atomic mass is 9.80. The number of hydrogen-bond acceptors (Lipinski definition) is 1. The average molecular weight is 827 g/mol. The fourth-order valence-electron chi connectivity index (χ4n) is 10.5. The van der Waals surface area contributed by atoms with Gasteiger partial charge in [-0.1, -0.05) is 198 Å². The molecule has 11 rings (SSSR count). The molecule has 312 valence electrons. The molecule has 2 nitrogen and oxygen atoms in total. The van der Waals surface area contributed by atoms with Crippen molar-refractivity contribution in [2.24, 2.45) is 0 Å². The number of fused-ring (bicyclic) bond motifs is 4. The molecule has 0 unspecified atom stereocenters. The number of anilines is 3. The molecule has 0 bridgehead atoms. The lowest BCUT2D eigenvalue weighted by Gasteiger charge is -2.32. The molecule has 10 aromatic rings. The molecule has 1 aliphatic carbocycles. The second-order valence-electron chi connectivity index (χ2n) is 18.8. The molecule has 0 saturated heterocycles. The van der Waals surface area contributed by atoms with Gasteiger partial charge in [-0.05, 0) is 117 Å². The highest BCUT2D eigenvalue weighted by Crippen LogP contribution is 2.49. The zero-order chi connectivity index (χ0) is 43.2. The normalized spacial score (nSPS) is 13.5. The van der Waals surface area contributed by atoms with Crippen LogP contribution < -0.4 is 4.90 Å². The highest BCUT2D eigenvalue weighted by Gasteiger charge is 2.26. The fourth-order valence-corrected chi connectivity index (χ4v) is 10.5. The van der Waals surface area contributed by atoms with E-state index in [1.165, 1.54) is 126 Å². The summed E-state index contributed by atoms with van der Waals surface area (Å²) in [6, 6.07) is 76.8. The second kappa shape index (κ2) is 16.5. The molecule has 0 amide bonds. The van der Waals surface area contributed by atoms with E-state index in [0.29, 0.717) is 5.92 Å². The quantitative estimate of drug-likeness (QED) is 0.148. The standard InChI is InChI=1S/C62H54N2/c1-62(2,3)48-36-40-51(44-19-7-4-8-20-44)60(42-48)64(58-32-16-14-28-54(58)56-30-18-24-46-23-17-29-52(61(46)56)45-21-9-5-10-22-45)50-37-33-43(34-38-50)47-35-39-55-53-27-13-15-31-57(53)63(59(55)41-47)49-25-11-6-12-26-49/h4,6-8,11-20,23-42,45H,5,9-10,21-22H2,1-3H3. The fraction of sp³-hybridized carbons (Fsp3) is 0.161. The first-order chi connectivity index (χ1) is 31.4. The van der Waals surface area contributed by atoms with Gasteiger partial charge in [0.1, 0.15) is 0 Å². The van der Waals surface area contributed by atoms with E-state index in [2.05, 4.69) is 236 Å². The maximum Gasteiger partial charge on any atom is 0.0547 e. The van der Waals surface area contributed by atoms with Crippen LogP contribution in [0.2, 0.25) is 0 Å². The number of para-hydroxylation sites is 3. The van der Waals surface area contributed by atoms with E-state index in [4.69, 9.17) is 0 Å². The van der Waals surface area contributed by atoms with Crippen LogP contribution in [-0.2, 0) is 5.41 Å². The van der Waals surface area contributed by atoms with Crippen LogP contribution in [0, 0.1) is 0 Å². The molecule has 0 aliphatic heterocycles. The van der Waals surface area contributed by atoms with E-state index in [9.17, 15) is 0 Å². The van der Waals surface area contributed by atoms with Crippen molar-refractivity contribution in [2.45, 2.75) is 64.2 Å². The highest BCUT2D eigenvalue weighted by molar-refractivity contribution is 6.10. The Kier molecular flexibility index (Phi) is 10.2. The van der Waals surface area contributed by atoms with E-state index in [0.717, 1.165) is 5.69 Å². The van der Waals surface area contributed by atoms with E-state index in [-0.39, 0.29) is 5.41 Å². The van der Waals surface area contributed by atoms with Crippen molar-refractivity contribution in [2.75, 3.05) is 4.90 Å². The summed E-state index contributed by atoms with van der Waals surface area (Å²) >= 11 is 0. The third kappa shape index (κ3) is 7.18. The van der Waals surface area contributed by atoms with Gasteiger partial charge in [0.15, 0.2) is 0 Å². The lowest BCUT2D eigenvalue weighted by molar-refractivity contribution is 0.445. The van der Waals surface area contributed by atoms with Crippen molar-refractivity contribution < 1.29 is 0 Å². The van der Waals surface area contributed by atoms with Gasteiger partial charge < -0.3 is 9.47 Å². The summed E-state index contributed by atoms with van der Waals surface area (Å²) in [5.41, 5.74) is 17.1. The van der Waals surface area contributed by atoms with Crippen molar-refractivity contribution in [3.8, 4) is 39.1 Å². The summed E-state index contributed by atoms with van der Waals surface area (Å²) in [6.45, 7) is 6.95.